The van der Waals surface area contributed by atoms with Crippen LogP contribution >= 0.6 is 0 Å². The maximum absolute atomic E-state index is 12.9. The molecule has 2 rings (SSSR count). The summed E-state index contributed by atoms with van der Waals surface area (Å²) in [6.45, 7) is 0. The number of rotatable bonds is 4. The fourth-order valence-corrected chi connectivity index (χ4v) is 2.25. The highest BCUT2D eigenvalue weighted by Gasteiger charge is 2.37. The second kappa shape index (κ2) is 7.41. The van der Waals surface area contributed by atoms with E-state index < -0.39 is 53.1 Å². The second-order valence-corrected chi connectivity index (χ2v) is 5.67. The fourth-order valence-electron chi connectivity index (χ4n) is 2.25. The molecule has 1 amide bonds. The van der Waals surface area contributed by atoms with Gasteiger partial charge in [0.15, 0.2) is 0 Å². The molecule has 3 N–H and O–H groups in total. The number of phenolic OH excluding ortho intramolecular Hbond substituents is 1. The zero-order valence-corrected chi connectivity index (χ0v) is 13.6. The first-order valence-electron chi connectivity index (χ1n) is 7.42. The summed E-state index contributed by atoms with van der Waals surface area (Å²) in [5, 5.41) is 20.4. The van der Waals surface area contributed by atoms with Crippen LogP contribution in [0.25, 0.3) is 0 Å². The molecule has 0 aliphatic rings. The number of amides is 1. The lowest BCUT2D eigenvalue weighted by molar-refractivity contribution is -0.143. The zero-order chi connectivity index (χ0) is 21.3. The van der Waals surface area contributed by atoms with Gasteiger partial charge in [-0.2, -0.15) is 26.3 Å². The zero-order valence-electron chi connectivity index (χ0n) is 13.6. The minimum Gasteiger partial charge on any atom is -0.506 e. The van der Waals surface area contributed by atoms with Gasteiger partial charge in [-0.05, 0) is 35.9 Å². The van der Waals surface area contributed by atoms with Crippen molar-refractivity contribution in [2.24, 2.45) is 0 Å². The van der Waals surface area contributed by atoms with E-state index >= 15 is 0 Å². The van der Waals surface area contributed by atoms with Crippen LogP contribution in [0.1, 0.15) is 27.0 Å². The molecule has 0 heterocycles. The van der Waals surface area contributed by atoms with E-state index in [2.05, 4.69) is 0 Å². The first kappa shape index (κ1) is 21.1. The molecule has 28 heavy (non-hydrogen) atoms. The van der Waals surface area contributed by atoms with Gasteiger partial charge >= 0.3 is 18.3 Å². The van der Waals surface area contributed by atoms with Gasteiger partial charge in [-0.3, -0.25) is 9.59 Å². The topological polar surface area (TPSA) is 86.6 Å². The second-order valence-electron chi connectivity index (χ2n) is 5.67. The fraction of sp³-hybridized carbons (Fsp3) is 0.176. The molecule has 0 aromatic heterocycles. The van der Waals surface area contributed by atoms with E-state index in [0.717, 1.165) is 12.1 Å². The lowest BCUT2D eigenvalue weighted by atomic mass is 10.0. The Kier molecular flexibility index (Phi) is 5.57. The Balaban J connectivity index is 2.43. The van der Waals surface area contributed by atoms with Gasteiger partial charge in [0, 0.05) is 5.56 Å². The minimum atomic E-state index is -5.13. The molecule has 0 aliphatic heterocycles. The average Bonchev–Trinajstić information content (AvgIpc) is 2.55. The first-order chi connectivity index (χ1) is 12.8. The van der Waals surface area contributed by atoms with Gasteiger partial charge in [0.05, 0.1) is 23.2 Å². The Morgan fingerprint density at radius 1 is 0.893 bits per heavy atom. The summed E-state index contributed by atoms with van der Waals surface area (Å²) >= 11 is 0. The molecule has 0 radical (unpaired) electrons. The lowest BCUT2D eigenvalue weighted by Gasteiger charge is -2.14. The SMILES string of the molecule is O=C(O)Cc1ccc(O)c(NC(=O)c2cc(C(F)(F)F)cc(C(F)(F)F)c2)c1. The number of halogens is 6. The number of hydrogen-bond donors (Lipinski definition) is 3. The monoisotopic (exact) mass is 407 g/mol. The van der Waals surface area contributed by atoms with E-state index in [1.54, 1.807) is 0 Å². The van der Waals surface area contributed by atoms with Crippen molar-refractivity contribution in [1.82, 2.24) is 0 Å². The van der Waals surface area contributed by atoms with E-state index in [1.807, 2.05) is 5.32 Å². The van der Waals surface area contributed by atoms with Crippen LogP contribution in [0.2, 0.25) is 0 Å². The quantitative estimate of drug-likeness (QED) is 0.521. The van der Waals surface area contributed by atoms with Gasteiger partial charge in [-0.1, -0.05) is 6.07 Å². The van der Waals surface area contributed by atoms with Crippen molar-refractivity contribution in [3.63, 3.8) is 0 Å². The van der Waals surface area contributed by atoms with Gasteiger partial charge in [0.25, 0.3) is 5.91 Å². The van der Waals surface area contributed by atoms with Crippen LogP contribution in [0.15, 0.2) is 36.4 Å². The van der Waals surface area contributed by atoms with Gasteiger partial charge in [0.1, 0.15) is 5.75 Å². The van der Waals surface area contributed by atoms with Crippen molar-refractivity contribution >= 4 is 17.6 Å². The molecular weight excluding hydrogens is 396 g/mol. The smallest absolute Gasteiger partial charge is 0.416 e. The molecule has 0 atom stereocenters. The molecule has 2 aromatic carbocycles. The number of aliphatic carboxylic acids is 1. The molecular formula is C17H11F6NO4. The van der Waals surface area contributed by atoms with Crippen molar-refractivity contribution in [1.29, 1.82) is 0 Å². The summed E-state index contributed by atoms with van der Waals surface area (Å²) in [6.07, 6.45) is -10.7. The average molecular weight is 407 g/mol. The van der Waals surface area contributed by atoms with Crippen LogP contribution in [0.4, 0.5) is 32.0 Å². The van der Waals surface area contributed by atoms with Gasteiger partial charge < -0.3 is 15.5 Å². The molecule has 0 unspecified atom stereocenters. The number of phenols is 1. The maximum atomic E-state index is 12.9. The molecule has 0 aliphatic carbocycles. The highest BCUT2D eigenvalue weighted by molar-refractivity contribution is 6.05. The number of carbonyl (C=O) groups is 2. The highest BCUT2D eigenvalue weighted by atomic mass is 19.4. The molecule has 0 bridgehead atoms. The predicted octanol–water partition coefficient (Wildman–Crippen LogP) is 4.31. The van der Waals surface area contributed by atoms with E-state index in [-0.39, 0.29) is 29.4 Å². The van der Waals surface area contributed by atoms with Crippen molar-refractivity contribution in [2.45, 2.75) is 18.8 Å². The molecule has 150 valence electrons. The minimum absolute atomic E-state index is 0.123. The largest absolute Gasteiger partial charge is 0.506 e. The van der Waals surface area contributed by atoms with E-state index in [1.165, 1.54) is 6.07 Å². The van der Waals surface area contributed by atoms with Crippen molar-refractivity contribution in [2.75, 3.05) is 5.32 Å². The summed E-state index contributed by atoms with van der Waals surface area (Å²) in [5.74, 6) is -3.12. The van der Waals surface area contributed by atoms with Crippen molar-refractivity contribution < 1.29 is 46.1 Å². The van der Waals surface area contributed by atoms with Gasteiger partial charge in [-0.15, -0.1) is 0 Å². The van der Waals surface area contributed by atoms with Crippen LogP contribution < -0.4 is 5.32 Å². The molecule has 2 aromatic rings. The maximum Gasteiger partial charge on any atom is 0.416 e. The number of nitrogens with one attached hydrogen (secondary N) is 1. The Bertz CT molecular complexity index is 889. The standard InChI is InChI=1S/C17H11F6NO4/c18-16(19,20)10-5-9(6-11(7-10)17(21,22)23)15(28)24-12-3-8(4-14(26)27)1-2-13(12)25/h1-3,5-7,25H,4H2,(H,24,28)(H,26,27). The van der Waals surface area contributed by atoms with Crippen LogP contribution in [-0.4, -0.2) is 22.1 Å². The molecule has 5 nitrogen and oxygen atoms in total. The molecule has 0 saturated heterocycles. The summed E-state index contributed by atoms with van der Waals surface area (Å²) in [6, 6.07) is 3.65. The van der Waals surface area contributed by atoms with E-state index in [9.17, 15) is 41.0 Å². The number of aromatic hydroxyl groups is 1. The number of benzene rings is 2. The number of alkyl halides is 6. The number of hydrogen-bond acceptors (Lipinski definition) is 3. The molecule has 0 saturated carbocycles. The van der Waals surface area contributed by atoms with Gasteiger partial charge in [-0.25, -0.2) is 0 Å². The number of carbonyl (C=O) groups excluding carboxylic acids is 1. The predicted molar refractivity (Wildman–Crippen MR) is 83.8 cm³/mol. The number of carboxylic acids is 1. The number of carboxylic acid groups (broad SMARTS) is 1. The molecule has 11 heteroatoms. The third-order valence-corrected chi connectivity index (χ3v) is 3.51. The summed E-state index contributed by atoms with van der Waals surface area (Å²) in [5.41, 5.74) is -4.51. The van der Waals surface area contributed by atoms with Crippen molar-refractivity contribution in [3.05, 3.63) is 58.7 Å². The van der Waals surface area contributed by atoms with Crippen LogP contribution in [0.3, 0.4) is 0 Å². The van der Waals surface area contributed by atoms with Crippen LogP contribution in [0, 0.1) is 0 Å². The first-order valence-corrected chi connectivity index (χ1v) is 7.42. The summed E-state index contributed by atoms with van der Waals surface area (Å²) in [7, 11) is 0. The Hall–Kier alpha value is -3.24. The summed E-state index contributed by atoms with van der Waals surface area (Å²) < 4.78 is 77.2. The Morgan fingerprint density at radius 2 is 1.43 bits per heavy atom. The van der Waals surface area contributed by atoms with Gasteiger partial charge in [0.2, 0.25) is 0 Å². The Morgan fingerprint density at radius 3 is 1.89 bits per heavy atom. The van der Waals surface area contributed by atoms with E-state index in [0.29, 0.717) is 0 Å². The normalized spacial score (nSPS) is 11.9. The molecule has 0 spiro atoms. The highest BCUT2D eigenvalue weighted by Crippen LogP contribution is 2.36. The van der Waals surface area contributed by atoms with E-state index in [4.69, 9.17) is 5.11 Å². The third kappa shape index (κ3) is 5.15. The van der Waals surface area contributed by atoms with Crippen LogP contribution in [0.5, 0.6) is 5.75 Å². The Labute approximate surface area is 153 Å². The summed E-state index contributed by atoms with van der Waals surface area (Å²) in [4.78, 5) is 22.9. The third-order valence-electron chi connectivity index (χ3n) is 3.51. The lowest BCUT2D eigenvalue weighted by Crippen LogP contribution is -2.17. The van der Waals surface area contributed by atoms with Crippen LogP contribution in [-0.2, 0) is 23.6 Å². The number of anilines is 1. The molecule has 0 fully saturated rings. The van der Waals surface area contributed by atoms with Crippen molar-refractivity contribution in [3.8, 4) is 5.75 Å².